The molecule has 2 rings (SSSR count). The third-order valence-electron chi connectivity index (χ3n) is 6.05. The molecular weight excluding hydrogens is 386 g/mol. The van der Waals surface area contributed by atoms with E-state index in [0.29, 0.717) is 11.8 Å². The Labute approximate surface area is 187 Å². The first-order chi connectivity index (χ1) is 14.8. The maximum Gasteiger partial charge on any atom is 0.313 e. The van der Waals surface area contributed by atoms with Gasteiger partial charge < -0.3 is 15.7 Å². The molecule has 1 atom stereocenters. The van der Waals surface area contributed by atoms with Gasteiger partial charge in [0.25, 0.3) is 0 Å². The Kier molecular flexibility index (Phi) is 9.50. The maximum atomic E-state index is 11.5. The van der Waals surface area contributed by atoms with E-state index in [1.807, 2.05) is 30.5 Å². The van der Waals surface area contributed by atoms with Crippen molar-refractivity contribution in [2.24, 2.45) is 5.92 Å². The first-order valence-corrected chi connectivity index (χ1v) is 11.5. The molecule has 1 aromatic carbocycles. The number of hydrogen-bond acceptors (Lipinski definition) is 4. The average molecular weight is 426 g/mol. The van der Waals surface area contributed by atoms with Crippen LogP contribution in [0.3, 0.4) is 0 Å². The van der Waals surface area contributed by atoms with E-state index < -0.39 is 11.4 Å². The SMILES string of the molecule is CCC(c1ncccc1NCCCNCCc1cccc(C(C)(C)C(=O)O)c1)C(C)C. The van der Waals surface area contributed by atoms with E-state index in [9.17, 15) is 9.90 Å². The highest BCUT2D eigenvalue weighted by atomic mass is 16.4. The van der Waals surface area contributed by atoms with Gasteiger partial charge in [-0.25, -0.2) is 0 Å². The van der Waals surface area contributed by atoms with Gasteiger partial charge in [-0.05, 0) is 75.4 Å². The molecule has 0 radical (unpaired) electrons. The summed E-state index contributed by atoms with van der Waals surface area (Å²) in [7, 11) is 0. The van der Waals surface area contributed by atoms with E-state index in [-0.39, 0.29) is 0 Å². The van der Waals surface area contributed by atoms with Crippen molar-refractivity contribution in [3.63, 3.8) is 0 Å². The van der Waals surface area contributed by atoms with E-state index >= 15 is 0 Å². The summed E-state index contributed by atoms with van der Waals surface area (Å²) in [4.78, 5) is 16.1. The first kappa shape index (κ1) is 24.9. The van der Waals surface area contributed by atoms with Crippen LogP contribution in [-0.2, 0) is 16.6 Å². The zero-order valence-electron chi connectivity index (χ0n) is 19.7. The predicted octanol–water partition coefficient (Wildman–Crippen LogP) is 5.23. The molecule has 170 valence electrons. The van der Waals surface area contributed by atoms with E-state index in [2.05, 4.69) is 48.5 Å². The van der Waals surface area contributed by atoms with Crippen LogP contribution in [0.1, 0.15) is 70.2 Å². The lowest BCUT2D eigenvalue weighted by molar-refractivity contribution is -0.142. The lowest BCUT2D eigenvalue weighted by Gasteiger charge is -2.22. The van der Waals surface area contributed by atoms with Gasteiger partial charge in [0, 0.05) is 18.7 Å². The number of nitrogens with zero attached hydrogens (tertiary/aromatic N) is 1. The van der Waals surface area contributed by atoms with Crippen molar-refractivity contribution in [2.45, 2.75) is 65.2 Å². The molecule has 0 aliphatic carbocycles. The summed E-state index contributed by atoms with van der Waals surface area (Å²) in [6, 6.07) is 12.0. The van der Waals surface area contributed by atoms with Gasteiger partial charge in [0.2, 0.25) is 0 Å². The second kappa shape index (κ2) is 11.8. The molecule has 2 aromatic rings. The van der Waals surface area contributed by atoms with Gasteiger partial charge in [-0.15, -0.1) is 0 Å². The molecule has 0 aliphatic heterocycles. The van der Waals surface area contributed by atoms with Crippen LogP contribution < -0.4 is 10.6 Å². The molecule has 3 N–H and O–H groups in total. The van der Waals surface area contributed by atoms with Crippen LogP contribution in [-0.4, -0.2) is 35.7 Å². The minimum Gasteiger partial charge on any atom is -0.481 e. The van der Waals surface area contributed by atoms with Gasteiger partial charge in [-0.2, -0.15) is 0 Å². The maximum absolute atomic E-state index is 11.5. The summed E-state index contributed by atoms with van der Waals surface area (Å²) >= 11 is 0. The van der Waals surface area contributed by atoms with Crippen molar-refractivity contribution in [2.75, 3.05) is 25.0 Å². The van der Waals surface area contributed by atoms with Crippen LogP contribution in [0.5, 0.6) is 0 Å². The Hall–Kier alpha value is -2.40. The third kappa shape index (κ3) is 7.06. The molecule has 1 heterocycles. The fraction of sp³-hybridized carbons (Fsp3) is 0.538. The van der Waals surface area contributed by atoms with Crippen molar-refractivity contribution in [1.82, 2.24) is 10.3 Å². The number of rotatable bonds is 13. The molecule has 0 bridgehead atoms. The Morgan fingerprint density at radius 3 is 2.58 bits per heavy atom. The summed E-state index contributed by atoms with van der Waals surface area (Å²) < 4.78 is 0. The molecule has 5 nitrogen and oxygen atoms in total. The summed E-state index contributed by atoms with van der Waals surface area (Å²) in [5.41, 5.74) is 3.47. The summed E-state index contributed by atoms with van der Waals surface area (Å²) in [5, 5.41) is 16.5. The van der Waals surface area contributed by atoms with Crippen molar-refractivity contribution < 1.29 is 9.90 Å². The molecule has 31 heavy (non-hydrogen) atoms. The summed E-state index contributed by atoms with van der Waals surface area (Å²) in [6.45, 7) is 13.0. The number of aromatic nitrogens is 1. The zero-order valence-corrected chi connectivity index (χ0v) is 19.7. The second-order valence-corrected chi connectivity index (χ2v) is 9.11. The van der Waals surface area contributed by atoms with Crippen LogP contribution in [0.25, 0.3) is 0 Å². The number of pyridine rings is 1. The zero-order chi connectivity index (χ0) is 22.9. The van der Waals surface area contributed by atoms with Crippen molar-refractivity contribution in [3.8, 4) is 0 Å². The standard InChI is InChI=1S/C26H39N3O2/c1-6-22(19(2)3)24-23(12-8-15-29-24)28-16-9-14-27-17-13-20-10-7-11-21(18-20)26(4,5)25(30)31/h7-8,10-12,15,18-19,22,27-28H,6,9,13-14,16-17H2,1-5H3,(H,30,31). The van der Waals surface area contributed by atoms with Crippen LogP contribution in [0, 0.1) is 5.92 Å². The Morgan fingerprint density at radius 2 is 1.90 bits per heavy atom. The van der Waals surface area contributed by atoms with E-state index in [1.165, 1.54) is 5.69 Å². The van der Waals surface area contributed by atoms with Crippen molar-refractivity contribution in [3.05, 3.63) is 59.4 Å². The Bertz CT molecular complexity index is 833. The molecule has 0 fully saturated rings. The molecular formula is C26H39N3O2. The van der Waals surface area contributed by atoms with Gasteiger partial charge in [0.1, 0.15) is 0 Å². The van der Waals surface area contributed by atoms with Gasteiger partial charge in [-0.1, -0.05) is 45.0 Å². The minimum atomic E-state index is -0.868. The lowest BCUT2D eigenvalue weighted by Crippen LogP contribution is -2.28. The fourth-order valence-corrected chi connectivity index (χ4v) is 3.88. The third-order valence-corrected chi connectivity index (χ3v) is 6.05. The van der Waals surface area contributed by atoms with Gasteiger partial charge in [-0.3, -0.25) is 9.78 Å². The minimum absolute atomic E-state index is 0.476. The van der Waals surface area contributed by atoms with Crippen LogP contribution in [0.4, 0.5) is 5.69 Å². The summed E-state index contributed by atoms with van der Waals surface area (Å²) in [6.07, 6.45) is 4.89. The number of carboxylic acids is 1. The van der Waals surface area contributed by atoms with Gasteiger partial charge >= 0.3 is 5.97 Å². The van der Waals surface area contributed by atoms with Crippen LogP contribution >= 0.6 is 0 Å². The molecule has 0 saturated heterocycles. The normalized spacial score (nSPS) is 12.7. The quantitative estimate of drug-likeness (QED) is 0.383. The number of hydrogen-bond donors (Lipinski definition) is 3. The average Bonchev–Trinajstić information content (AvgIpc) is 2.74. The monoisotopic (exact) mass is 425 g/mol. The molecule has 0 spiro atoms. The fourth-order valence-electron chi connectivity index (χ4n) is 3.88. The number of benzene rings is 1. The van der Waals surface area contributed by atoms with Crippen LogP contribution in [0.2, 0.25) is 0 Å². The number of anilines is 1. The van der Waals surface area contributed by atoms with Crippen molar-refractivity contribution >= 4 is 11.7 Å². The molecule has 5 heteroatoms. The largest absolute Gasteiger partial charge is 0.481 e. The lowest BCUT2D eigenvalue weighted by atomic mass is 9.84. The Balaban J connectivity index is 1.75. The van der Waals surface area contributed by atoms with Gasteiger partial charge in [0.05, 0.1) is 16.8 Å². The van der Waals surface area contributed by atoms with Crippen LogP contribution in [0.15, 0.2) is 42.6 Å². The summed E-state index contributed by atoms with van der Waals surface area (Å²) in [5.74, 6) is 0.246. The number of carboxylic acid groups (broad SMARTS) is 1. The van der Waals surface area contributed by atoms with Crippen molar-refractivity contribution in [1.29, 1.82) is 0 Å². The van der Waals surface area contributed by atoms with E-state index in [0.717, 1.165) is 55.7 Å². The molecule has 0 amide bonds. The Morgan fingerprint density at radius 1 is 1.13 bits per heavy atom. The predicted molar refractivity (Wildman–Crippen MR) is 129 cm³/mol. The molecule has 0 aliphatic rings. The first-order valence-electron chi connectivity index (χ1n) is 11.5. The van der Waals surface area contributed by atoms with Gasteiger partial charge in [0.15, 0.2) is 0 Å². The number of nitrogens with one attached hydrogen (secondary N) is 2. The number of carbonyl (C=O) groups is 1. The van der Waals surface area contributed by atoms with E-state index in [4.69, 9.17) is 0 Å². The smallest absolute Gasteiger partial charge is 0.313 e. The van der Waals surface area contributed by atoms with E-state index in [1.54, 1.807) is 13.8 Å². The molecule has 1 aromatic heterocycles. The highest BCUT2D eigenvalue weighted by Gasteiger charge is 2.29. The highest BCUT2D eigenvalue weighted by molar-refractivity contribution is 5.80. The molecule has 0 saturated carbocycles. The second-order valence-electron chi connectivity index (χ2n) is 9.11. The number of aliphatic carboxylic acids is 1. The highest BCUT2D eigenvalue weighted by Crippen LogP contribution is 2.31. The topological polar surface area (TPSA) is 74.2 Å². The molecule has 1 unspecified atom stereocenters.